The molecule has 1 amide bonds. The normalized spacial score (nSPS) is 15.9. The number of nitrogens with one attached hydrogen (secondary N) is 2. The van der Waals surface area contributed by atoms with Crippen LogP contribution in [-0.4, -0.2) is 67.0 Å². The molecule has 0 saturated carbocycles. The van der Waals surface area contributed by atoms with E-state index >= 15 is 0 Å². The highest BCUT2D eigenvalue weighted by Crippen LogP contribution is 2.32. The molecule has 1 aromatic heterocycles. The summed E-state index contributed by atoms with van der Waals surface area (Å²) in [6.07, 6.45) is 0. The number of aromatic nitrogens is 2. The first-order chi connectivity index (χ1) is 14.2. The van der Waals surface area contributed by atoms with Crippen LogP contribution in [0.4, 0.5) is 5.95 Å². The molecular formula is C20H25N5O4. The lowest BCUT2D eigenvalue weighted by atomic mass is 10.2. The summed E-state index contributed by atoms with van der Waals surface area (Å²) in [5.41, 5.74) is 2.01. The standard InChI is InChI=1S/C20H25N5O4/c1-14-10-16(24-20(23-14)21-4-5-25-6-8-27-9-7-25)19(26)22-12-15-2-3-17-18(11-15)29-13-28-17/h2-3,10-11H,4-9,12-13H2,1H3,(H,22,26)(H,21,23,24). The van der Waals surface area contributed by atoms with Crippen LogP contribution in [0, 0.1) is 6.92 Å². The van der Waals surface area contributed by atoms with Gasteiger partial charge in [-0.1, -0.05) is 6.07 Å². The van der Waals surface area contributed by atoms with Crippen LogP contribution in [0.3, 0.4) is 0 Å². The summed E-state index contributed by atoms with van der Waals surface area (Å²) in [5, 5.41) is 6.11. The number of carbonyl (C=O) groups excluding carboxylic acids is 1. The molecule has 154 valence electrons. The average molecular weight is 399 g/mol. The highest BCUT2D eigenvalue weighted by Gasteiger charge is 2.15. The molecule has 2 aliphatic heterocycles. The van der Waals surface area contributed by atoms with Gasteiger partial charge in [0.05, 0.1) is 13.2 Å². The fourth-order valence-corrected chi connectivity index (χ4v) is 3.24. The van der Waals surface area contributed by atoms with Gasteiger partial charge in [0.25, 0.3) is 5.91 Å². The SMILES string of the molecule is Cc1cc(C(=O)NCc2ccc3c(c2)OCO3)nc(NCCN2CCOCC2)n1. The van der Waals surface area contributed by atoms with E-state index in [2.05, 4.69) is 25.5 Å². The number of anilines is 1. The third-order valence-corrected chi connectivity index (χ3v) is 4.79. The number of aryl methyl sites for hydroxylation is 1. The molecular weight excluding hydrogens is 374 g/mol. The molecule has 0 radical (unpaired) electrons. The number of nitrogens with zero attached hydrogens (tertiary/aromatic N) is 3. The highest BCUT2D eigenvalue weighted by atomic mass is 16.7. The second-order valence-electron chi connectivity index (χ2n) is 6.97. The Balaban J connectivity index is 1.31. The molecule has 0 bridgehead atoms. The minimum atomic E-state index is -0.246. The smallest absolute Gasteiger partial charge is 0.270 e. The van der Waals surface area contributed by atoms with Crippen LogP contribution in [0.5, 0.6) is 11.5 Å². The molecule has 3 heterocycles. The number of amides is 1. The molecule has 1 saturated heterocycles. The zero-order chi connectivity index (χ0) is 20.1. The van der Waals surface area contributed by atoms with Gasteiger partial charge in [0, 0.05) is 38.4 Å². The van der Waals surface area contributed by atoms with Crippen molar-refractivity contribution < 1.29 is 19.0 Å². The van der Waals surface area contributed by atoms with Crippen LogP contribution in [0.25, 0.3) is 0 Å². The fourth-order valence-electron chi connectivity index (χ4n) is 3.24. The van der Waals surface area contributed by atoms with Crippen molar-refractivity contribution in [3.05, 3.63) is 41.2 Å². The van der Waals surface area contributed by atoms with Gasteiger partial charge in [-0.25, -0.2) is 9.97 Å². The minimum absolute atomic E-state index is 0.229. The van der Waals surface area contributed by atoms with E-state index < -0.39 is 0 Å². The molecule has 9 nitrogen and oxygen atoms in total. The van der Waals surface area contributed by atoms with E-state index in [0.29, 0.717) is 30.5 Å². The maximum absolute atomic E-state index is 12.6. The van der Waals surface area contributed by atoms with Crippen LogP contribution in [0.2, 0.25) is 0 Å². The Bertz CT molecular complexity index is 870. The number of rotatable bonds is 7. The number of morpholine rings is 1. The molecule has 4 rings (SSSR count). The molecule has 1 fully saturated rings. The van der Waals surface area contributed by atoms with Crippen molar-refractivity contribution in [3.63, 3.8) is 0 Å². The maximum Gasteiger partial charge on any atom is 0.270 e. The van der Waals surface area contributed by atoms with Gasteiger partial charge in [-0.3, -0.25) is 9.69 Å². The largest absolute Gasteiger partial charge is 0.454 e. The second kappa shape index (κ2) is 9.06. The number of hydrogen-bond acceptors (Lipinski definition) is 8. The van der Waals surface area contributed by atoms with Crippen molar-refractivity contribution in [3.8, 4) is 11.5 Å². The summed E-state index contributed by atoms with van der Waals surface area (Å²) >= 11 is 0. The van der Waals surface area contributed by atoms with E-state index in [1.165, 1.54) is 0 Å². The molecule has 0 atom stereocenters. The summed E-state index contributed by atoms with van der Waals surface area (Å²) in [5.74, 6) is 1.64. The Morgan fingerprint density at radius 3 is 2.83 bits per heavy atom. The van der Waals surface area contributed by atoms with Crippen molar-refractivity contribution in [2.75, 3.05) is 51.5 Å². The summed E-state index contributed by atoms with van der Waals surface area (Å²) < 4.78 is 16.0. The van der Waals surface area contributed by atoms with Gasteiger partial charge in [-0.15, -0.1) is 0 Å². The van der Waals surface area contributed by atoms with Gasteiger partial charge in [-0.05, 0) is 30.7 Å². The van der Waals surface area contributed by atoms with Gasteiger partial charge in [0.2, 0.25) is 12.7 Å². The number of hydrogen-bond donors (Lipinski definition) is 2. The number of carbonyl (C=O) groups is 1. The van der Waals surface area contributed by atoms with Gasteiger partial charge >= 0.3 is 0 Å². The van der Waals surface area contributed by atoms with Crippen molar-refractivity contribution in [2.24, 2.45) is 0 Å². The lowest BCUT2D eigenvalue weighted by Crippen LogP contribution is -2.39. The fraction of sp³-hybridized carbons (Fsp3) is 0.450. The Labute approximate surface area is 169 Å². The first kappa shape index (κ1) is 19.4. The Morgan fingerprint density at radius 2 is 1.97 bits per heavy atom. The van der Waals surface area contributed by atoms with E-state index in [9.17, 15) is 4.79 Å². The first-order valence-electron chi connectivity index (χ1n) is 9.74. The molecule has 0 spiro atoms. The van der Waals surface area contributed by atoms with Crippen LogP contribution in [-0.2, 0) is 11.3 Å². The molecule has 9 heteroatoms. The van der Waals surface area contributed by atoms with Gasteiger partial charge < -0.3 is 24.8 Å². The molecule has 29 heavy (non-hydrogen) atoms. The number of fused-ring (bicyclic) bond motifs is 1. The third-order valence-electron chi connectivity index (χ3n) is 4.79. The summed E-state index contributed by atoms with van der Waals surface area (Å²) in [6.45, 7) is 7.46. The average Bonchev–Trinajstić information content (AvgIpc) is 3.20. The summed E-state index contributed by atoms with van der Waals surface area (Å²) in [7, 11) is 0. The molecule has 0 aliphatic carbocycles. The lowest BCUT2D eigenvalue weighted by Gasteiger charge is -2.26. The van der Waals surface area contributed by atoms with Crippen LogP contribution in [0.15, 0.2) is 24.3 Å². The minimum Gasteiger partial charge on any atom is -0.454 e. The Hall–Kier alpha value is -2.91. The predicted molar refractivity (Wildman–Crippen MR) is 106 cm³/mol. The quantitative estimate of drug-likeness (QED) is 0.717. The number of benzene rings is 1. The van der Waals surface area contributed by atoms with Crippen molar-refractivity contribution in [1.82, 2.24) is 20.2 Å². The van der Waals surface area contributed by atoms with Crippen LogP contribution < -0.4 is 20.1 Å². The highest BCUT2D eigenvalue weighted by molar-refractivity contribution is 5.92. The van der Waals surface area contributed by atoms with Crippen molar-refractivity contribution in [2.45, 2.75) is 13.5 Å². The van der Waals surface area contributed by atoms with Gasteiger partial charge in [-0.2, -0.15) is 0 Å². The maximum atomic E-state index is 12.6. The summed E-state index contributed by atoms with van der Waals surface area (Å²) in [6, 6.07) is 7.29. The molecule has 2 aliphatic rings. The van der Waals surface area contributed by atoms with Crippen LogP contribution in [0.1, 0.15) is 21.7 Å². The lowest BCUT2D eigenvalue weighted by molar-refractivity contribution is 0.0398. The van der Waals surface area contributed by atoms with E-state index in [0.717, 1.165) is 49.9 Å². The third kappa shape index (κ3) is 5.12. The second-order valence-corrected chi connectivity index (χ2v) is 6.97. The molecule has 2 N–H and O–H groups in total. The van der Waals surface area contributed by atoms with Crippen molar-refractivity contribution >= 4 is 11.9 Å². The topological polar surface area (TPSA) is 97.8 Å². The van der Waals surface area contributed by atoms with E-state index in [1.54, 1.807) is 6.07 Å². The van der Waals surface area contributed by atoms with Gasteiger partial charge in [0.15, 0.2) is 11.5 Å². The predicted octanol–water partition coefficient (Wildman–Crippen LogP) is 1.19. The first-order valence-corrected chi connectivity index (χ1v) is 9.74. The zero-order valence-corrected chi connectivity index (χ0v) is 16.4. The summed E-state index contributed by atoms with van der Waals surface area (Å²) in [4.78, 5) is 23.6. The van der Waals surface area contributed by atoms with Crippen LogP contribution >= 0.6 is 0 Å². The van der Waals surface area contributed by atoms with E-state index in [-0.39, 0.29) is 12.7 Å². The van der Waals surface area contributed by atoms with Gasteiger partial charge in [0.1, 0.15) is 5.69 Å². The molecule has 1 aromatic carbocycles. The Morgan fingerprint density at radius 1 is 1.14 bits per heavy atom. The number of ether oxygens (including phenoxy) is 3. The monoisotopic (exact) mass is 399 g/mol. The molecule has 0 unspecified atom stereocenters. The zero-order valence-electron chi connectivity index (χ0n) is 16.4. The van der Waals surface area contributed by atoms with Crippen molar-refractivity contribution in [1.29, 1.82) is 0 Å². The Kier molecular flexibility index (Phi) is 6.06. The molecule has 2 aromatic rings. The van der Waals surface area contributed by atoms with E-state index in [1.807, 2.05) is 25.1 Å². The van der Waals surface area contributed by atoms with E-state index in [4.69, 9.17) is 14.2 Å².